The third kappa shape index (κ3) is 3.59. The van der Waals surface area contributed by atoms with E-state index in [1.165, 1.54) is 49.8 Å². The maximum Gasteiger partial charge on any atom is 0.417 e. The van der Waals surface area contributed by atoms with Crippen molar-refractivity contribution in [1.82, 2.24) is 34.0 Å². The summed E-state index contributed by atoms with van der Waals surface area (Å²) in [6.45, 7) is 1.43. The molecule has 4 rings (SSSR count). The highest BCUT2D eigenvalue weighted by Gasteiger charge is 2.33. The molecule has 174 valence electrons. The number of alkyl halides is 3. The van der Waals surface area contributed by atoms with Crippen LogP contribution in [0.15, 0.2) is 29.6 Å². The number of amides is 1. The van der Waals surface area contributed by atoms with Gasteiger partial charge in [0.1, 0.15) is 22.6 Å². The summed E-state index contributed by atoms with van der Waals surface area (Å²) in [5.74, 6) is -0.750. The summed E-state index contributed by atoms with van der Waals surface area (Å²) in [6.07, 6.45) is -2.62. The molecule has 0 saturated heterocycles. The van der Waals surface area contributed by atoms with Crippen LogP contribution in [-0.4, -0.2) is 68.2 Å². The van der Waals surface area contributed by atoms with Gasteiger partial charge in [0.15, 0.2) is 26.2 Å². The summed E-state index contributed by atoms with van der Waals surface area (Å²) in [6, 6.07) is 2.22. The van der Waals surface area contributed by atoms with Gasteiger partial charge in [-0.1, -0.05) is 6.92 Å². The van der Waals surface area contributed by atoms with Gasteiger partial charge in [0.2, 0.25) is 0 Å². The molecule has 1 amide bonds. The SMILES string of the molecule is CCS(=O)(=O)c1nn2c(C(=O)N(C)C)ccnc2c1-c1nc2cc(C(F)(F)F)cnc2n1C. The van der Waals surface area contributed by atoms with Gasteiger partial charge in [0.25, 0.3) is 5.91 Å². The van der Waals surface area contributed by atoms with Gasteiger partial charge in [-0.3, -0.25) is 4.79 Å². The van der Waals surface area contributed by atoms with Gasteiger partial charge in [0.05, 0.1) is 11.3 Å². The number of hydrogen-bond donors (Lipinski definition) is 0. The molecule has 0 bridgehead atoms. The lowest BCUT2D eigenvalue weighted by molar-refractivity contribution is -0.137. The van der Waals surface area contributed by atoms with Crippen LogP contribution in [0.25, 0.3) is 28.2 Å². The van der Waals surface area contributed by atoms with E-state index < -0.39 is 27.5 Å². The molecule has 33 heavy (non-hydrogen) atoms. The molecule has 0 aromatic carbocycles. The van der Waals surface area contributed by atoms with E-state index in [1.54, 1.807) is 0 Å². The Bertz CT molecular complexity index is 1520. The van der Waals surface area contributed by atoms with Gasteiger partial charge >= 0.3 is 6.18 Å². The predicted octanol–water partition coefficient (Wildman–Crippen LogP) is 2.19. The molecule has 0 spiro atoms. The Kier molecular flexibility index (Phi) is 5.15. The molecule has 14 heteroatoms. The first-order valence-electron chi connectivity index (χ1n) is 9.59. The van der Waals surface area contributed by atoms with E-state index in [0.29, 0.717) is 6.20 Å². The molecule has 0 fully saturated rings. The van der Waals surface area contributed by atoms with E-state index in [-0.39, 0.29) is 44.7 Å². The fraction of sp³-hybridized carbons (Fsp3) is 0.316. The van der Waals surface area contributed by atoms with Crippen LogP contribution in [-0.2, 0) is 23.1 Å². The van der Waals surface area contributed by atoms with E-state index in [1.807, 2.05) is 0 Å². The quantitative estimate of drug-likeness (QED) is 0.439. The van der Waals surface area contributed by atoms with Gasteiger partial charge in [-0.15, -0.1) is 0 Å². The number of aromatic nitrogens is 6. The molecule has 4 aromatic heterocycles. The van der Waals surface area contributed by atoms with Crippen LogP contribution in [0.5, 0.6) is 0 Å². The zero-order valence-electron chi connectivity index (χ0n) is 17.9. The van der Waals surface area contributed by atoms with Gasteiger partial charge in [-0.05, 0) is 12.1 Å². The zero-order valence-corrected chi connectivity index (χ0v) is 18.7. The molecule has 0 saturated carbocycles. The molecule has 0 atom stereocenters. The van der Waals surface area contributed by atoms with Crippen molar-refractivity contribution in [3.63, 3.8) is 0 Å². The number of nitrogens with zero attached hydrogens (tertiary/aromatic N) is 7. The number of fused-ring (bicyclic) bond motifs is 2. The third-order valence-corrected chi connectivity index (χ3v) is 6.68. The summed E-state index contributed by atoms with van der Waals surface area (Å²) >= 11 is 0. The number of imidazole rings is 1. The molecule has 0 radical (unpaired) electrons. The second-order valence-electron chi connectivity index (χ2n) is 7.41. The summed E-state index contributed by atoms with van der Waals surface area (Å²) in [7, 11) is 0.606. The molecule has 10 nitrogen and oxygen atoms in total. The predicted molar refractivity (Wildman–Crippen MR) is 111 cm³/mol. The Hall–Kier alpha value is -3.55. The lowest BCUT2D eigenvalue weighted by Crippen LogP contribution is -2.24. The van der Waals surface area contributed by atoms with Crippen molar-refractivity contribution in [3.8, 4) is 11.4 Å². The van der Waals surface area contributed by atoms with E-state index in [2.05, 4.69) is 20.1 Å². The van der Waals surface area contributed by atoms with Crippen LogP contribution in [0.2, 0.25) is 0 Å². The first-order chi connectivity index (χ1) is 15.4. The molecule has 0 N–H and O–H groups in total. The normalized spacial score (nSPS) is 12.6. The van der Waals surface area contributed by atoms with E-state index >= 15 is 0 Å². The molecule has 0 unspecified atom stereocenters. The molecule has 0 aliphatic heterocycles. The number of pyridine rings is 1. The highest BCUT2D eigenvalue weighted by Crippen LogP contribution is 2.35. The maximum atomic E-state index is 13.1. The fourth-order valence-electron chi connectivity index (χ4n) is 3.32. The molecule has 0 aliphatic rings. The van der Waals surface area contributed by atoms with Crippen LogP contribution >= 0.6 is 0 Å². The van der Waals surface area contributed by atoms with Crippen molar-refractivity contribution in [2.24, 2.45) is 7.05 Å². The number of rotatable bonds is 4. The minimum Gasteiger partial charge on any atom is -0.343 e. The summed E-state index contributed by atoms with van der Waals surface area (Å²) < 4.78 is 67.7. The monoisotopic (exact) mass is 481 g/mol. The van der Waals surface area contributed by atoms with E-state index in [0.717, 1.165) is 10.6 Å². The van der Waals surface area contributed by atoms with Gasteiger partial charge in [-0.25, -0.2) is 27.9 Å². The Labute approximate surface area is 185 Å². The number of hydrogen-bond acceptors (Lipinski definition) is 7. The summed E-state index contributed by atoms with van der Waals surface area (Å²) in [4.78, 5) is 26.2. The summed E-state index contributed by atoms with van der Waals surface area (Å²) in [5.41, 5.74) is -0.916. The van der Waals surface area contributed by atoms with Crippen molar-refractivity contribution < 1.29 is 26.4 Å². The van der Waals surface area contributed by atoms with Crippen molar-refractivity contribution >= 4 is 32.6 Å². The van der Waals surface area contributed by atoms with Gasteiger partial charge < -0.3 is 9.47 Å². The summed E-state index contributed by atoms with van der Waals surface area (Å²) in [5, 5.41) is 3.78. The average molecular weight is 481 g/mol. The number of halogens is 3. The molecular weight excluding hydrogens is 463 g/mol. The molecule has 4 heterocycles. The van der Waals surface area contributed by atoms with Crippen LogP contribution < -0.4 is 0 Å². The van der Waals surface area contributed by atoms with Crippen LogP contribution in [0, 0.1) is 0 Å². The number of carbonyl (C=O) groups excluding carboxylic acids is 1. The van der Waals surface area contributed by atoms with E-state index in [4.69, 9.17) is 0 Å². The Morgan fingerprint density at radius 2 is 1.88 bits per heavy atom. The second kappa shape index (κ2) is 7.50. The zero-order chi connectivity index (χ0) is 24.3. The van der Waals surface area contributed by atoms with Crippen molar-refractivity contribution in [2.45, 2.75) is 18.1 Å². The lowest BCUT2D eigenvalue weighted by atomic mass is 10.2. The van der Waals surface area contributed by atoms with Crippen LogP contribution in [0.4, 0.5) is 13.2 Å². The average Bonchev–Trinajstić information content (AvgIpc) is 3.30. The van der Waals surface area contributed by atoms with Crippen LogP contribution in [0.1, 0.15) is 23.0 Å². The Morgan fingerprint density at radius 3 is 2.48 bits per heavy atom. The Morgan fingerprint density at radius 1 is 1.18 bits per heavy atom. The Balaban J connectivity index is 2.09. The van der Waals surface area contributed by atoms with Crippen molar-refractivity contribution in [3.05, 3.63) is 35.8 Å². The number of aryl methyl sites for hydroxylation is 1. The smallest absolute Gasteiger partial charge is 0.343 e. The minimum absolute atomic E-state index is 0.000742. The standard InChI is InChI=1S/C19H18F3N7O3S/c1-5-33(31,32)17-13(15-23-7-6-12(29(15)26-17)18(30)27(2)3)16-25-11-8-10(19(20,21)22)9-24-14(11)28(16)4/h6-9H,5H2,1-4H3. The maximum absolute atomic E-state index is 13.1. The van der Waals surface area contributed by atoms with Crippen LogP contribution in [0.3, 0.4) is 0 Å². The minimum atomic E-state index is -4.62. The largest absolute Gasteiger partial charge is 0.417 e. The molecule has 0 aliphatic carbocycles. The first kappa shape index (κ1) is 22.6. The van der Waals surface area contributed by atoms with E-state index in [9.17, 15) is 26.4 Å². The number of carbonyl (C=O) groups is 1. The lowest BCUT2D eigenvalue weighted by Gasteiger charge is -2.10. The first-order valence-corrected chi connectivity index (χ1v) is 11.2. The van der Waals surface area contributed by atoms with Crippen molar-refractivity contribution in [1.29, 1.82) is 0 Å². The van der Waals surface area contributed by atoms with Gasteiger partial charge in [0, 0.05) is 33.5 Å². The second-order valence-corrected chi connectivity index (χ2v) is 9.60. The number of sulfone groups is 1. The highest BCUT2D eigenvalue weighted by molar-refractivity contribution is 7.91. The topological polar surface area (TPSA) is 115 Å². The molecule has 4 aromatic rings. The highest BCUT2D eigenvalue weighted by atomic mass is 32.2. The van der Waals surface area contributed by atoms with Crippen molar-refractivity contribution in [2.75, 3.05) is 19.8 Å². The fourth-order valence-corrected chi connectivity index (χ4v) is 4.29. The third-order valence-electron chi connectivity index (χ3n) is 5.05. The van der Waals surface area contributed by atoms with Gasteiger partial charge in [-0.2, -0.15) is 18.3 Å². The molecular formula is C19H18F3N7O3S.